The number of nitrogens with one attached hydrogen (secondary N) is 3. The molecule has 0 saturated carbocycles. The van der Waals surface area contributed by atoms with Gasteiger partial charge < -0.3 is 21.1 Å². The first kappa shape index (κ1) is 14.5. The normalized spacial score (nSPS) is 9.53. The Morgan fingerprint density at radius 1 is 1.16 bits per heavy atom. The van der Waals surface area contributed by atoms with Gasteiger partial charge in [-0.1, -0.05) is 0 Å². The standard InChI is InChI=1S/C12H15N3O4/c1-13-10(16)6-7-14-12(19)15-9-4-2-8(3-5-9)11(17)18/h2-5H,6-7H2,1H3,(H,13,16)(H,17,18)(H2,14,15,19). The maximum Gasteiger partial charge on any atom is 0.335 e. The summed E-state index contributed by atoms with van der Waals surface area (Å²) in [5.74, 6) is -1.19. The third-order valence-electron chi connectivity index (χ3n) is 2.31. The quantitative estimate of drug-likeness (QED) is 0.626. The Bertz CT molecular complexity index is 470. The van der Waals surface area contributed by atoms with Crippen LogP contribution in [0.2, 0.25) is 0 Å². The lowest BCUT2D eigenvalue weighted by molar-refractivity contribution is -0.120. The number of carbonyl (C=O) groups is 3. The molecule has 102 valence electrons. The molecule has 0 aliphatic carbocycles. The summed E-state index contributed by atoms with van der Waals surface area (Å²) in [5.41, 5.74) is 0.619. The van der Waals surface area contributed by atoms with Gasteiger partial charge >= 0.3 is 12.0 Å². The second-order valence-electron chi connectivity index (χ2n) is 3.69. The van der Waals surface area contributed by atoms with Crippen LogP contribution in [0.15, 0.2) is 24.3 Å². The van der Waals surface area contributed by atoms with Crippen molar-refractivity contribution in [1.82, 2.24) is 10.6 Å². The third-order valence-corrected chi connectivity index (χ3v) is 2.31. The number of hydrogen-bond donors (Lipinski definition) is 4. The Morgan fingerprint density at radius 2 is 1.79 bits per heavy atom. The number of hydrogen-bond acceptors (Lipinski definition) is 3. The number of carboxylic acids is 1. The van der Waals surface area contributed by atoms with Crippen LogP contribution < -0.4 is 16.0 Å². The minimum atomic E-state index is -1.03. The molecule has 7 nitrogen and oxygen atoms in total. The van der Waals surface area contributed by atoms with Crippen molar-refractivity contribution >= 4 is 23.6 Å². The molecular formula is C12H15N3O4. The zero-order chi connectivity index (χ0) is 14.3. The molecule has 0 bridgehead atoms. The van der Waals surface area contributed by atoms with Crippen molar-refractivity contribution in [2.45, 2.75) is 6.42 Å². The summed E-state index contributed by atoms with van der Waals surface area (Å²) in [6.45, 7) is 0.221. The molecule has 0 aliphatic rings. The molecule has 0 atom stereocenters. The van der Waals surface area contributed by atoms with Crippen LogP contribution in [0.4, 0.5) is 10.5 Å². The summed E-state index contributed by atoms with van der Waals surface area (Å²) >= 11 is 0. The molecule has 3 amide bonds. The molecular weight excluding hydrogens is 250 g/mol. The minimum Gasteiger partial charge on any atom is -0.478 e. The Hall–Kier alpha value is -2.57. The number of amides is 3. The van der Waals surface area contributed by atoms with Crippen molar-refractivity contribution in [2.75, 3.05) is 18.9 Å². The van der Waals surface area contributed by atoms with Gasteiger partial charge in [0, 0.05) is 25.7 Å². The molecule has 7 heteroatoms. The minimum absolute atomic E-state index is 0.144. The number of carboxylic acid groups (broad SMARTS) is 1. The number of rotatable bonds is 5. The van der Waals surface area contributed by atoms with Crippen LogP contribution in [-0.2, 0) is 4.79 Å². The van der Waals surface area contributed by atoms with E-state index in [4.69, 9.17) is 5.11 Å². The fraction of sp³-hybridized carbons (Fsp3) is 0.250. The Balaban J connectivity index is 2.40. The lowest BCUT2D eigenvalue weighted by atomic mass is 10.2. The average molecular weight is 265 g/mol. The van der Waals surface area contributed by atoms with Gasteiger partial charge in [-0.3, -0.25) is 4.79 Å². The monoisotopic (exact) mass is 265 g/mol. The topological polar surface area (TPSA) is 108 Å². The van der Waals surface area contributed by atoms with E-state index in [0.29, 0.717) is 5.69 Å². The zero-order valence-corrected chi connectivity index (χ0v) is 10.4. The van der Waals surface area contributed by atoms with Gasteiger partial charge in [-0.2, -0.15) is 0 Å². The van der Waals surface area contributed by atoms with Crippen molar-refractivity contribution in [3.8, 4) is 0 Å². The van der Waals surface area contributed by atoms with Crippen molar-refractivity contribution < 1.29 is 19.5 Å². The molecule has 0 unspecified atom stereocenters. The number of anilines is 1. The second kappa shape index (κ2) is 7.00. The SMILES string of the molecule is CNC(=O)CCNC(=O)Nc1ccc(C(=O)O)cc1. The first-order valence-corrected chi connectivity index (χ1v) is 5.61. The highest BCUT2D eigenvalue weighted by Crippen LogP contribution is 2.09. The van der Waals surface area contributed by atoms with E-state index < -0.39 is 12.0 Å². The first-order valence-electron chi connectivity index (χ1n) is 5.61. The number of aromatic carboxylic acids is 1. The van der Waals surface area contributed by atoms with Crippen LogP contribution in [0.3, 0.4) is 0 Å². The summed E-state index contributed by atoms with van der Waals surface area (Å²) < 4.78 is 0. The largest absolute Gasteiger partial charge is 0.478 e. The van der Waals surface area contributed by atoms with Crippen LogP contribution >= 0.6 is 0 Å². The van der Waals surface area contributed by atoms with E-state index in [1.54, 1.807) is 0 Å². The molecule has 0 heterocycles. The van der Waals surface area contributed by atoms with Gasteiger partial charge in [-0.05, 0) is 24.3 Å². The van der Waals surface area contributed by atoms with Crippen LogP contribution in [0.5, 0.6) is 0 Å². The zero-order valence-electron chi connectivity index (χ0n) is 10.4. The molecule has 0 aliphatic heterocycles. The van der Waals surface area contributed by atoms with Crippen LogP contribution in [0, 0.1) is 0 Å². The van der Waals surface area contributed by atoms with Gasteiger partial charge in [0.1, 0.15) is 0 Å². The Morgan fingerprint density at radius 3 is 2.32 bits per heavy atom. The molecule has 4 N–H and O–H groups in total. The highest BCUT2D eigenvalue weighted by atomic mass is 16.4. The lowest BCUT2D eigenvalue weighted by Gasteiger charge is -2.07. The highest BCUT2D eigenvalue weighted by Gasteiger charge is 2.05. The summed E-state index contributed by atoms with van der Waals surface area (Å²) in [6.07, 6.45) is 0.196. The maximum absolute atomic E-state index is 11.4. The van der Waals surface area contributed by atoms with Crippen LogP contribution in [-0.4, -0.2) is 36.6 Å². The summed E-state index contributed by atoms with van der Waals surface area (Å²) in [7, 11) is 1.52. The lowest BCUT2D eigenvalue weighted by Crippen LogP contribution is -2.32. The van der Waals surface area contributed by atoms with E-state index >= 15 is 0 Å². The molecule has 0 fully saturated rings. The van der Waals surface area contributed by atoms with Gasteiger partial charge in [0.15, 0.2) is 0 Å². The maximum atomic E-state index is 11.4. The van der Waals surface area contributed by atoms with E-state index in [1.807, 2.05) is 0 Å². The fourth-order valence-electron chi connectivity index (χ4n) is 1.29. The predicted octanol–water partition coefficient (Wildman–Crippen LogP) is 0.642. The number of urea groups is 1. The molecule has 1 aromatic rings. The van der Waals surface area contributed by atoms with Crippen molar-refractivity contribution in [3.63, 3.8) is 0 Å². The molecule has 0 spiro atoms. The van der Waals surface area contributed by atoms with Crippen LogP contribution in [0.1, 0.15) is 16.8 Å². The molecule has 0 aromatic heterocycles. The van der Waals surface area contributed by atoms with Crippen molar-refractivity contribution in [3.05, 3.63) is 29.8 Å². The van der Waals surface area contributed by atoms with E-state index in [1.165, 1.54) is 31.3 Å². The van der Waals surface area contributed by atoms with E-state index in [2.05, 4.69) is 16.0 Å². The van der Waals surface area contributed by atoms with Gasteiger partial charge in [-0.15, -0.1) is 0 Å². The predicted molar refractivity (Wildman–Crippen MR) is 69.1 cm³/mol. The third kappa shape index (κ3) is 5.07. The van der Waals surface area contributed by atoms with Gasteiger partial charge in [0.2, 0.25) is 5.91 Å². The van der Waals surface area contributed by atoms with E-state index in [-0.39, 0.29) is 24.4 Å². The van der Waals surface area contributed by atoms with Crippen LogP contribution in [0.25, 0.3) is 0 Å². The molecule has 0 saturated heterocycles. The van der Waals surface area contributed by atoms with Crippen molar-refractivity contribution in [2.24, 2.45) is 0 Å². The molecule has 1 rings (SSSR count). The van der Waals surface area contributed by atoms with E-state index in [0.717, 1.165) is 0 Å². The summed E-state index contributed by atoms with van der Waals surface area (Å²) in [6, 6.07) is 5.31. The number of benzene rings is 1. The summed E-state index contributed by atoms with van der Waals surface area (Å²) in [4.78, 5) is 33.0. The molecule has 19 heavy (non-hydrogen) atoms. The first-order chi connectivity index (χ1) is 9.02. The van der Waals surface area contributed by atoms with Gasteiger partial charge in [-0.25, -0.2) is 9.59 Å². The smallest absolute Gasteiger partial charge is 0.335 e. The van der Waals surface area contributed by atoms with Gasteiger partial charge in [0.25, 0.3) is 0 Å². The average Bonchev–Trinajstić information content (AvgIpc) is 2.39. The second-order valence-corrected chi connectivity index (χ2v) is 3.69. The number of carbonyl (C=O) groups excluding carboxylic acids is 2. The van der Waals surface area contributed by atoms with Crippen molar-refractivity contribution in [1.29, 1.82) is 0 Å². The highest BCUT2D eigenvalue weighted by molar-refractivity contribution is 5.91. The van der Waals surface area contributed by atoms with E-state index in [9.17, 15) is 14.4 Å². The summed E-state index contributed by atoms with van der Waals surface area (Å²) in [5, 5.41) is 16.2. The fourth-order valence-corrected chi connectivity index (χ4v) is 1.29. The Labute approximate surface area is 110 Å². The molecule has 1 aromatic carbocycles. The molecule has 0 radical (unpaired) electrons. The Kier molecular flexibility index (Phi) is 5.34. The van der Waals surface area contributed by atoms with Gasteiger partial charge in [0.05, 0.1) is 5.56 Å².